The molecule has 3 rings (SSSR count). The molecule has 35 heavy (non-hydrogen) atoms. The van der Waals surface area contributed by atoms with E-state index in [1.807, 2.05) is 6.42 Å². The maximum atomic E-state index is 13.1. The number of likely N-dealkylation sites (tertiary alicyclic amines) is 1. The van der Waals surface area contributed by atoms with Crippen LogP contribution in [0.5, 0.6) is 0 Å². The monoisotopic (exact) mass is 654 g/mol. The first-order valence-electron chi connectivity index (χ1n) is 11.2. The largest absolute Gasteiger partial charge is 0.459 e. The van der Waals surface area contributed by atoms with Crippen LogP contribution >= 0.6 is 0 Å². The SMILES string of the molecule is C=CC1C[C@]1(NC(=O)[C@@H]1C[CH-]CN1C(=O)OC(C)(C)C)C(=O)OCc1ccc(C(=O)NC)cc1.[W]. The Morgan fingerprint density at radius 1 is 1.23 bits per heavy atom. The van der Waals surface area contributed by atoms with Gasteiger partial charge in [0.1, 0.15) is 17.7 Å². The van der Waals surface area contributed by atoms with Gasteiger partial charge in [-0.15, -0.1) is 13.0 Å². The summed E-state index contributed by atoms with van der Waals surface area (Å²) in [6.07, 6.45) is 3.62. The number of hydrogen-bond acceptors (Lipinski definition) is 6. The Morgan fingerprint density at radius 2 is 1.89 bits per heavy atom. The zero-order chi connectivity index (χ0) is 25.1. The number of esters is 1. The predicted octanol–water partition coefficient (Wildman–Crippen LogP) is 2.36. The molecular formula is C25H32N3O6W-. The minimum atomic E-state index is -1.21. The Labute approximate surface area is 220 Å². The van der Waals surface area contributed by atoms with Gasteiger partial charge in [-0.3, -0.25) is 9.59 Å². The van der Waals surface area contributed by atoms with Gasteiger partial charge in [-0.05, 0) is 44.9 Å². The molecule has 1 aromatic carbocycles. The number of hydrogen-bond donors (Lipinski definition) is 2. The number of amides is 3. The Hall–Kier alpha value is -2.67. The summed E-state index contributed by atoms with van der Waals surface area (Å²) in [6, 6.07) is 5.93. The second-order valence-corrected chi connectivity index (χ2v) is 9.53. The van der Waals surface area contributed by atoms with Gasteiger partial charge >= 0.3 is 12.1 Å². The number of nitrogens with zero attached hydrogens (tertiary/aromatic N) is 1. The van der Waals surface area contributed by atoms with Gasteiger partial charge in [0, 0.05) is 39.6 Å². The summed E-state index contributed by atoms with van der Waals surface area (Å²) >= 11 is 0. The number of carbonyl (C=O) groups excluding carboxylic acids is 4. The van der Waals surface area contributed by atoms with Crippen LogP contribution in [0, 0.1) is 12.3 Å². The first-order chi connectivity index (χ1) is 16.0. The van der Waals surface area contributed by atoms with Gasteiger partial charge in [0.05, 0.1) is 6.04 Å². The standard InChI is InChI=1S/C25H32N3O6.W/c1-6-18-14-25(18,22(31)33-15-16-9-11-17(12-10-16)20(29)26-5)27-21(30)19-8-7-13-28(19)23(32)34-24(2,3)4;/h6-7,9-12,18-19H,1,8,13-15H2,2-5H3,(H,26,29)(H,27,30);/q-1;/t18?,19-,25+;/m0./s1. The van der Waals surface area contributed by atoms with Gasteiger partial charge in [0.15, 0.2) is 0 Å². The van der Waals surface area contributed by atoms with Crippen molar-refractivity contribution < 1.29 is 49.7 Å². The quantitative estimate of drug-likeness (QED) is 0.265. The fourth-order valence-electron chi connectivity index (χ4n) is 3.88. The first kappa shape index (κ1) is 28.6. The molecular weight excluding hydrogens is 622 g/mol. The summed E-state index contributed by atoms with van der Waals surface area (Å²) < 4.78 is 10.9. The van der Waals surface area contributed by atoms with E-state index in [0.717, 1.165) is 0 Å². The summed E-state index contributed by atoms with van der Waals surface area (Å²) in [4.78, 5) is 51.6. The molecule has 1 saturated heterocycles. The third-order valence-corrected chi connectivity index (χ3v) is 5.85. The van der Waals surface area contributed by atoms with Crippen LogP contribution in [0.1, 0.15) is 49.5 Å². The molecule has 0 spiro atoms. The maximum absolute atomic E-state index is 13.1. The number of rotatable bonds is 7. The maximum Gasteiger partial charge on any atom is 0.408 e. The van der Waals surface area contributed by atoms with Gasteiger partial charge in [-0.25, -0.2) is 9.59 Å². The van der Waals surface area contributed by atoms with Crippen molar-refractivity contribution >= 4 is 23.9 Å². The Bertz CT molecular complexity index is 974. The Kier molecular flexibility index (Phi) is 9.28. The van der Waals surface area contributed by atoms with Crippen LogP contribution < -0.4 is 10.6 Å². The van der Waals surface area contributed by atoms with E-state index in [1.165, 1.54) is 4.90 Å². The number of carbonyl (C=O) groups is 4. The van der Waals surface area contributed by atoms with Crippen LogP contribution in [0.2, 0.25) is 0 Å². The molecule has 0 bridgehead atoms. The molecule has 9 nitrogen and oxygen atoms in total. The molecule has 1 aromatic rings. The Morgan fingerprint density at radius 3 is 2.43 bits per heavy atom. The third kappa shape index (κ3) is 6.72. The minimum Gasteiger partial charge on any atom is -0.459 e. The molecule has 0 aromatic heterocycles. The van der Waals surface area contributed by atoms with Crippen LogP contribution in [0.4, 0.5) is 4.79 Å². The molecule has 1 saturated carbocycles. The van der Waals surface area contributed by atoms with Crippen molar-refractivity contribution in [3.05, 3.63) is 54.5 Å². The average Bonchev–Trinajstić information content (AvgIpc) is 3.27. The van der Waals surface area contributed by atoms with Gasteiger partial charge in [-0.1, -0.05) is 24.8 Å². The second kappa shape index (κ2) is 11.4. The predicted molar refractivity (Wildman–Crippen MR) is 124 cm³/mol. The molecule has 1 heterocycles. The van der Waals surface area contributed by atoms with E-state index in [-0.39, 0.29) is 39.5 Å². The van der Waals surface area contributed by atoms with Crippen LogP contribution in [0.25, 0.3) is 0 Å². The van der Waals surface area contributed by atoms with E-state index in [9.17, 15) is 19.2 Å². The van der Waals surface area contributed by atoms with Gasteiger partial charge in [0.2, 0.25) is 5.91 Å². The fourth-order valence-corrected chi connectivity index (χ4v) is 3.88. The molecule has 1 aliphatic heterocycles. The summed E-state index contributed by atoms with van der Waals surface area (Å²) in [7, 11) is 1.55. The topological polar surface area (TPSA) is 114 Å². The number of nitrogens with one attached hydrogen (secondary N) is 2. The van der Waals surface area contributed by atoms with Crippen LogP contribution in [0.15, 0.2) is 36.9 Å². The normalized spacial score (nSPS) is 22.9. The van der Waals surface area contributed by atoms with Crippen molar-refractivity contribution in [3.8, 4) is 0 Å². The molecule has 1 aliphatic carbocycles. The van der Waals surface area contributed by atoms with Gasteiger partial charge in [0.25, 0.3) is 5.91 Å². The zero-order valence-corrected chi connectivity index (χ0v) is 23.4. The molecule has 10 heteroatoms. The molecule has 190 valence electrons. The van der Waals surface area contributed by atoms with Gasteiger partial charge in [-0.2, -0.15) is 0 Å². The number of benzene rings is 1. The van der Waals surface area contributed by atoms with E-state index in [2.05, 4.69) is 17.2 Å². The van der Waals surface area contributed by atoms with E-state index >= 15 is 0 Å². The van der Waals surface area contributed by atoms with Crippen molar-refractivity contribution in [1.29, 1.82) is 0 Å². The van der Waals surface area contributed by atoms with Crippen LogP contribution in [-0.4, -0.2) is 59.6 Å². The molecule has 1 unspecified atom stereocenters. The molecule has 2 N–H and O–H groups in total. The van der Waals surface area contributed by atoms with Crippen LogP contribution in [0.3, 0.4) is 0 Å². The van der Waals surface area contributed by atoms with Crippen molar-refractivity contribution in [3.63, 3.8) is 0 Å². The first-order valence-corrected chi connectivity index (χ1v) is 11.2. The number of ether oxygens (including phenoxy) is 2. The summed E-state index contributed by atoms with van der Waals surface area (Å²) in [5.74, 6) is -1.47. The summed E-state index contributed by atoms with van der Waals surface area (Å²) in [5, 5.41) is 5.36. The second-order valence-electron chi connectivity index (χ2n) is 9.53. The van der Waals surface area contributed by atoms with E-state index in [4.69, 9.17) is 9.47 Å². The minimum absolute atomic E-state index is 0. The zero-order valence-electron chi connectivity index (χ0n) is 20.5. The Balaban J connectivity index is 0.00000432. The van der Waals surface area contributed by atoms with E-state index < -0.39 is 35.2 Å². The van der Waals surface area contributed by atoms with E-state index in [0.29, 0.717) is 30.5 Å². The summed E-state index contributed by atoms with van der Waals surface area (Å²) in [6.45, 7) is 9.32. The van der Waals surface area contributed by atoms with Crippen molar-refractivity contribution in [1.82, 2.24) is 15.5 Å². The van der Waals surface area contributed by atoms with E-state index in [1.54, 1.807) is 58.2 Å². The van der Waals surface area contributed by atoms with Crippen molar-refractivity contribution in [2.45, 2.75) is 57.4 Å². The molecule has 0 radical (unpaired) electrons. The molecule has 3 atom stereocenters. The average molecular weight is 654 g/mol. The molecule has 2 aliphatic rings. The third-order valence-electron chi connectivity index (χ3n) is 5.85. The molecule has 2 fully saturated rings. The van der Waals surface area contributed by atoms with Crippen molar-refractivity contribution in [2.75, 3.05) is 13.6 Å². The van der Waals surface area contributed by atoms with Crippen molar-refractivity contribution in [2.24, 2.45) is 5.92 Å². The van der Waals surface area contributed by atoms with Crippen LogP contribution in [-0.2, 0) is 46.7 Å². The summed E-state index contributed by atoms with van der Waals surface area (Å²) in [5.41, 5.74) is -0.685. The smallest absolute Gasteiger partial charge is 0.408 e. The van der Waals surface area contributed by atoms with Gasteiger partial charge < -0.3 is 31.4 Å². The fraction of sp³-hybridized carbons (Fsp3) is 0.480. The molecule has 3 amide bonds.